The van der Waals surface area contributed by atoms with Crippen LogP contribution in [0.1, 0.15) is 33.6 Å². The average molecular weight is 589 g/mol. The Kier molecular flexibility index (Phi) is 8.00. The number of ether oxygens (including phenoxy) is 3. The number of primary amides is 1. The number of rotatable bonds is 8. The minimum Gasteiger partial charge on any atom is -0.496 e. The molecule has 12 heteroatoms. The molecule has 0 spiro atoms. The van der Waals surface area contributed by atoms with Crippen molar-refractivity contribution in [3.05, 3.63) is 35.1 Å². The van der Waals surface area contributed by atoms with E-state index in [-0.39, 0.29) is 18.4 Å². The number of nitrogens with zero attached hydrogens (tertiary/aromatic N) is 4. The third-order valence-corrected chi connectivity index (χ3v) is 7.15. The lowest BCUT2D eigenvalue weighted by molar-refractivity contribution is -0.125. The minimum atomic E-state index is -0.883. The number of benzene rings is 1. The van der Waals surface area contributed by atoms with Gasteiger partial charge in [-0.3, -0.25) is 9.20 Å². The molecule has 1 aliphatic heterocycles. The summed E-state index contributed by atoms with van der Waals surface area (Å²) >= 11 is 3.53. The summed E-state index contributed by atoms with van der Waals surface area (Å²) in [5.74, 6) is 2.45. The molecule has 0 radical (unpaired) electrons. The third kappa shape index (κ3) is 6.12. The molecular formula is C26H33BrN6O5. The first-order chi connectivity index (χ1) is 18.0. The highest BCUT2D eigenvalue weighted by atomic mass is 79.9. The molecule has 1 aliphatic rings. The maximum Gasteiger partial charge on any atom is 0.404 e. The van der Waals surface area contributed by atoms with Gasteiger partial charge in [-0.1, -0.05) is 20.8 Å². The molecule has 1 aromatic carbocycles. The molecule has 0 aliphatic carbocycles. The van der Waals surface area contributed by atoms with Crippen molar-refractivity contribution >= 4 is 39.5 Å². The second kappa shape index (κ2) is 11.1. The largest absolute Gasteiger partial charge is 0.496 e. The number of amides is 2. The number of hydrogen-bond acceptors (Lipinski definition) is 8. The molecule has 0 bridgehead atoms. The molecule has 11 nitrogen and oxygen atoms in total. The normalized spacial score (nSPS) is 16.4. The van der Waals surface area contributed by atoms with E-state index in [9.17, 15) is 9.59 Å². The van der Waals surface area contributed by atoms with Crippen LogP contribution < -0.4 is 25.4 Å². The van der Waals surface area contributed by atoms with E-state index < -0.39 is 17.6 Å². The van der Waals surface area contributed by atoms with Crippen LogP contribution >= 0.6 is 15.9 Å². The monoisotopic (exact) mass is 588 g/mol. The maximum atomic E-state index is 12.7. The Morgan fingerprint density at radius 2 is 1.95 bits per heavy atom. The van der Waals surface area contributed by atoms with Crippen LogP contribution in [-0.2, 0) is 9.53 Å². The molecule has 2 amide bonds. The highest BCUT2D eigenvalue weighted by molar-refractivity contribution is 9.10. The Hall–Kier alpha value is -3.54. The zero-order chi connectivity index (χ0) is 27.6. The number of aromatic nitrogens is 3. The van der Waals surface area contributed by atoms with Gasteiger partial charge >= 0.3 is 6.09 Å². The first-order valence-electron chi connectivity index (χ1n) is 12.3. The molecule has 3 N–H and O–H groups in total. The zero-order valence-corrected chi connectivity index (χ0v) is 23.7. The summed E-state index contributed by atoms with van der Waals surface area (Å²) < 4.78 is 18.8. The smallest absolute Gasteiger partial charge is 0.404 e. The van der Waals surface area contributed by atoms with E-state index in [1.54, 1.807) is 14.2 Å². The summed E-state index contributed by atoms with van der Waals surface area (Å²) in [6, 6.07) is 5.60. The van der Waals surface area contributed by atoms with E-state index in [1.165, 1.54) is 0 Å². The number of carbonyl (C=O) groups is 2. The highest BCUT2D eigenvalue weighted by Gasteiger charge is 2.32. The number of anilines is 1. The fourth-order valence-electron chi connectivity index (χ4n) is 4.44. The Morgan fingerprint density at radius 1 is 1.21 bits per heavy atom. The highest BCUT2D eigenvalue weighted by Crippen LogP contribution is 2.38. The van der Waals surface area contributed by atoms with Crippen molar-refractivity contribution in [2.45, 2.75) is 45.8 Å². The van der Waals surface area contributed by atoms with Gasteiger partial charge in [0.2, 0.25) is 11.7 Å². The molecule has 4 rings (SSSR count). The fraction of sp³-hybridized carbons (Fsp3) is 0.462. The molecule has 38 heavy (non-hydrogen) atoms. The number of nitrogens with one attached hydrogen (secondary N) is 1. The summed E-state index contributed by atoms with van der Waals surface area (Å²) in [4.78, 5) is 35.6. The van der Waals surface area contributed by atoms with E-state index in [2.05, 4.69) is 26.1 Å². The third-order valence-electron chi connectivity index (χ3n) is 6.53. The topological polar surface area (TPSA) is 133 Å². The maximum absolute atomic E-state index is 12.7. The molecule has 3 heterocycles. The van der Waals surface area contributed by atoms with Crippen LogP contribution in [0.5, 0.6) is 11.5 Å². The van der Waals surface area contributed by atoms with Crippen molar-refractivity contribution in [1.29, 1.82) is 0 Å². The Balaban J connectivity index is 1.45. The van der Waals surface area contributed by atoms with E-state index in [4.69, 9.17) is 29.9 Å². The SMILES string of the molecule is COc1cc(OC)c(-c2cn3ccc(N4CCC(NC(=O)CC(OC(N)=O)C(C)(C)C)C4)nc3n2)cc1Br. The summed E-state index contributed by atoms with van der Waals surface area (Å²) in [7, 11) is 3.21. The molecule has 0 saturated carbocycles. The lowest BCUT2D eigenvalue weighted by Crippen LogP contribution is -2.42. The number of nitrogens with two attached hydrogens (primary N) is 1. The number of carbonyl (C=O) groups excluding carboxylic acids is 2. The van der Waals surface area contributed by atoms with Gasteiger partial charge < -0.3 is 30.2 Å². The number of halogens is 1. The van der Waals surface area contributed by atoms with Crippen molar-refractivity contribution in [3.63, 3.8) is 0 Å². The van der Waals surface area contributed by atoms with Crippen molar-refractivity contribution in [2.75, 3.05) is 32.2 Å². The van der Waals surface area contributed by atoms with Gasteiger partial charge in [0.25, 0.3) is 0 Å². The Labute approximate surface area is 229 Å². The van der Waals surface area contributed by atoms with Crippen LogP contribution in [0, 0.1) is 5.41 Å². The van der Waals surface area contributed by atoms with Gasteiger partial charge in [-0.2, -0.15) is 4.98 Å². The first kappa shape index (κ1) is 27.5. The lowest BCUT2D eigenvalue weighted by Gasteiger charge is -2.29. The molecule has 1 fully saturated rings. The van der Waals surface area contributed by atoms with Crippen LogP contribution in [0.25, 0.3) is 17.0 Å². The molecule has 2 aromatic heterocycles. The van der Waals surface area contributed by atoms with E-state index >= 15 is 0 Å². The van der Waals surface area contributed by atoms with Crippen molar-refractivity contribution < 1.29 is 23.8 Å². The Bertz CT molecular complexity index is 1340. The molecule has 1 saturated heterocycles. The standard InChI is InChI=1S/C26H33BrN6O5/c1-26(2,3)21(38-24(28)35)12-23(34)29-15-6-8-32(13-15)22-7-9-33-14-18(30-25(33)31-22)16-10-17(27)20(37-5)11-19(16)36-4/h7,9-11,14-15,21H,6,8,12-13H2,1-5H3,(H2,28,35)(H,29,34). The molecule has 204 valence electrons. The van der Waals surface area contributed by atoms with Gasteiger partial charge in [-0.25, -0.2) is 9.78 Å². The summed E-state index contributed by atoms with van der Waals surface area (Å²) in [6.45, 7) is 7.05. The second-order valence-electron chi connectivity index (χ2n) is 10.3. The van der Waals surface area contributed by atoms with E-state index in [0.717, 1.165) is 28.8 Å². The van der Waals surface area contributed by atoms with Gasteiger partial charge in [0.05, 0.1) is 30.8 Å². The van der Waals surface area contributed by atoms with Crippen LogP contribution in [-0.4, -0.2) is 65.8 Å². The van der Waals surface area contributed by atoms with Crippen LogP contribution in [0.4, 0.5) is 10.6 Å². The minimum absolute atomic E-state index is 0.0501. The Morgan fingerprint density at radius 3 is 2.61 bits per heavy atom. The van der Waals surface area contributed by atoms with Crippen LogP contribution in [0.15, 0.2) is 35.1 Å². The zero-order valence-electron chi connectivity index (χ0n) is 22.2. The van der Waals surface area contributed by atoms with Crippen LogP contribution in [0.3, 0.4) is 0 Å². The van der Waals surface area contributed by atoms with Crippen LogP contribution in [0.2, 0.25) is 0 Å². The van der Waals surface area contributed by atoms with Crippen molar-refractivity contribution in [3.8, 4) is 22.8 Å². The lowest BCUT2D eigenvalue weighted by atomic mass is 9.87. The summed E-state index contributed by atoms with van der Waals surface area (Å²) in [5.41, 5.74) is 6.30. The quantitative estimate of drug-likeness (QED) is 0.406. The van der Waals surface area contributed by atoms with Gasteiger partial charge in [-0.05, 0) is 39.9 Å². The van der Waals surface area contributed by atoms with E-state index in [1.807, 2.05) is 55.8 Å². The molecule has 3 aromatic rings. The van der Waals surface area contributed by atoms with Crippen molar-refractivity contribution in [1.82, 2.24) is 19.7 Å². The predicted octanol–water partition coefficient (Wildman–Crippen LogP) is 3.77. The number of fused-ring (bicyclic) bond motifs is 1. The number of hydrogen-bond donors (Lipinski definition) is 2. The summed E-state index contributed by atoms with van der Waals surface area (Å²) in [5, 5.41) is 3.05. The number of imidazole rings is 1. The summed E-state index contributed by atoms with van der Waals surface area (Å²) in [6.07, 6.45) is 3.14. The van der Waals surface area contributed by atoms with E-state index in [0.29, 0.717) is 29.5 Å². The van der Waals surface area contributed by atoms with Crippen molar-refractivity contribution in [2.24, 2.45) is 11.1 Å². The van der Waals surface area contributed by atoms with Gasteiger partial charge in [-0.15, -0.1) is 0 Å². The molecular weight excluding hydrogens is 556 g/mol. The average Bonchev–Trinajstić information content (AvgIpc) is 3.49. The fourth-order valence-corrected chi connectivity index (χ4v) is 4.94. The second-order valence-corrected chi connectivity index (χ2v) is 11.2. The first-order valence-corrected chi connectivity index (χ1v) is 13.1. The molecule has 2 atom stereocenters. The van der Waals surface area contributed by atoms with Gasteiger partial charge in [0.1, 0.15) is 23.4 Å². The molecule has 2 unspecified atom stereocenters. The van der Waals surface area contributed by atoms with Gasteiger partial charge in [0.15, 0.2) is 0 Å². The number of methoxy groups -OCH3 is 2. The predicted molar refractivity (Wildman–Crippen MR) is 147 cm³/mol. The van der Waals surface area contributed by atoms with Gasteiger partial charge in [0, 0.05) is 43.2 Å².